The lowest BCUT2D eigenvalue weighted by Gasteiger charge is -2.38. The van der Waals surface area contributed by atoms with Crippen molar-refractivity contribution in [3.05, 3.63) is 85.4 Å². The predicted octanol–water partition coefficient (Wildman–Crippen LogP) is 1.31. The van der Waals surface area contributed by atoms with Crippen LogP contribution in [0.2, 0.25) is 0 Å². The first kappa shape index (κ1) is 51.1. The molecule has 2 aromatic carbocycles. The smallest absolute Gasteiger partial charge is 0.407 e. The van der Waals surface area contributed by atoms with Crippen molar-refractivity contribution in [1.29, 1.82) is 0 Å². The summed E-state index contributed by atoms with van der Waals surface area (Å²) in [5.41, 5.74) is 7.94. The van der Waals surface area contributed by atoms with Crippen LogP contribution in [0.3, 0.4) is 0 Å². The second-order valence-electron chi connectivity index (χ2n) is 18.6. The molecule has 23 nitrogen and oxygen atoms in total. The Morgan fingerprint density at radius 3 is 2.44 bits per heavy atom. The van der Waals surface area contributed by atoms with E-state index in [1.807, 2.05) is 13.8 Å². The molecule has 2 aromatic heterocycles. The third-order valence-corrected chi connectivity index (χ3v) is 13.7. The second kappa shape index (κ2) is 20.5. The molecule has 72 heavy (non-hydrogen) atoms. The number of carboxylic acids is 1. The molecule has 0 spiro atoms. The number of carbonyl (C=O) groups excluding carboxylic acids is 5. The summed E-state index contributed by atoms with van der Waals surface area (Å²) in [6.07, 6.45) is -11.9. The average molecular weight is 1000 g/mol. The van der Waals surface area contributed by atoms with Crippen LogP contribution in [0.4, 0.5) is 19.7 Å². The van der Waals surface area contributed by atoms with Crippen LogP contribution in [0.5, 0.6) is 5.75 Å². The number of aryl methyl sites for hydroxylation is 1. The number of esters is 1. The van der Waals surface area contributed by atoms with E-state index in [9.17, 15) is 59.1 Å². The van der Waals surface area contributed by atoms with Gasteiger partial charge in [0.05, 0.1) is 40.7 Å². The number of nitrogens with two attached hydrogens (primary N) is 1. The Balaban J connectivity index is 1.07. The standard InChI is InChI=1S/C48H54FN7O16/c1-18(2)19(3)41(61)54-29(6-5-11-51-47(50)67)42(62)53-27-9-7-21(12-32(27)71-46-39(60)37(58)38(59)40(72-46)44(64)65)16-70-48(68)55-28-10-8-22-20(4)26(49)14-30-33(22)34(28)24-15-56-31(35(24)52-30)13-23-25(43(56)63)17-69-45(66)36(23)57/h7,9,12-14,18-19,28-29,36-40,46,57-60H,5-6,8,10-11,15-17H2,1-4H3,(H,53,62)(H,54,61)(H,55,68)(H,64,65)(H3,50,51,67)/t19-,28-,29?,36?,37-,38-,39+,40-,46+/m0/s1. The zero-order valence-electron chi connectivity index (χ0n) is 39.4. The van der Waals surface area contributed by atoms with Gasteiger partial charge in [0.1, 0.15) is 49.1 Å². The molecule has 8 rings (SSSR count). The quantitative estimate of drug-likeness (QED) is 0.0522. The van der Waals surface area contributed by atoms with Gasteiger partial charge in [-0.1, -0.05) is 26.8 Å². The highest BCUT2D eigenvalue weighted by Crippen LogP contribution is 2.45. The van der Waals surface area contributed by atoms with E-state index in [1.165, 1.54) is 34.9 Å². The van der Waals surface area contributed by atoms with Gasteiger partial charge in [0.25, 0.3) is 5.56 Å². The van der Waals surface area contributed by atoms with E-state index in [4.69, 9.17) is 29.7 Å². The van der Waals surface area contributed by atoms with E-state index in [0.29, 0.717) is 39.8 Å². The Hall–Kier alpha value is -7.25. The first-order chi connectivity index (χ1) is 34.1. The van der Waals surface area contributed by atoms with Gasteiger partial charge in [0.2, 0.25) is 18.1 Å². The van der Waals surface area contributed by atoms with Gasteiger partial charge in [-0.3, -0.25) is 14.4 Å². The Kier molecular flexibility index (Phi) is 14.5. The molecule has 3 aliphatic heterocycles. The number of ether oxygens (including phenoxy) is 4. The van der Waals surface area contributed by atoms with E-state index >= 15 is 4.39 Å². The summed E-state index contributed by atoms with van der Waals surface area (Å²) in [6, 6.07) is 4.07. The summed E-state index contributed by atoms with van der Waals surface area (Å²) in [5.74, 6) is -5.19. The van der Waals surface area contributed by atoms with Crippen LogP contribution in [0.1, 0.15) is 91.1 Å². The zero-order chi connectivity index (χ0) is 52.0. The molecule has 9 atom stereocenters. The number of benzene rings is 2. The number of amides is 5. The number of aliphatic hydroxyl groups excluding tert-OH is 4. The van der Waals surface area contributed by atoms with Crippen molar-refractivity contribution in [2.75, 3.05) is 11.9 Å². The molecule has 1 fully saturated rings. The highest BCUT2D eigenvalue weighted by atomic mass is 19.1. The van der Waals surface area contributed by atoms with Gasteiger partial charge < -0.3 is 76.0 Å². The number of aromatic nitrogens is 2. The number of hydrogen-bond donors (Lipinski definition) is 10. The number of rotatable bonds is 15. The second-order valence-corrected chi connectivity index (χ2v) is 18.6. The molecule has 0 bridgehead atoms. The number of aliphatic carboxylic acids is 1. The molecular formula is C48H54FN7O16. The number of fused-ring (bicyclic) bond motifs is 5. The Bertz CT molecular complexity index is 2950. The molecule has 5 amide bonds. The van der Waals surface area contributed by atoms with E-state index in [-0.39, 0.29) is 84.2 Å². The van der Waals surface area contributed by atoms with E-state index in [1.54, 1.807) is 13.8 Å². The predicted molar refractivity (Wildman–Crippen MR) is 247 cm³/mol. The van der Waals surface area contributed by atoms with E-state index in [2.05, 4.69) is 21.3 Å². The molecule has 0 saturated carbocycles. The molecule has 1 saturated heterocycles. The molecule has 4 aromatic rings. The van der Waals surface area contributed by atoms with Crippen molar-refractivity contribution in [2.24, 2.45) is 17.6 Å². The third kappa shape index (κ3) is 9.86. The van der Waals surface area contributed by atoms with Crippen LogP contribution in [-0.4, -0.2) is 114 Å². The number of alkyl carbamates (subject to hydrolysis) is 1. The number of carbonyl (C=O) groups is 6. The summed E-state index contributed by atoms with van der Waals surface area (Å²) in [6.45, 7) is 6.24. The molecular weight excluding hydrogens is 950 g/mol. The molecule has 2 unspecified atom stereocenters. The van der Waals surface area contributed by atoms with Gasteiger partial charge >= 0.3 is 24.1 Å². The summed E-state index contributed by atoms with van der Waals surface area (Å²) in [5, 5.41) is 63.3. The number of halogens is 1. The van der Waals surface area contributed by atoms with Gasteiger partial charge in [0, 0.05) is 35.0 Å². The third-order valence-electron chi connectivity index (χ3n) is 13.7. The average Bonchev–Trinajstić information content (AvgIpc) is 3.71. The van der Waals surface area contributed by atoms with Crippen LogP contribution < -0.4 is 37.3 Å². The molecule has 1 aliphatic carbocycles. The van der Waals surface area contributed by atoms with Gasteiger partial charge in [-0.15, -0.1) is 0 Å². The van der Waals surface area contributed by atoms with Crippen molar-refractivity contribution in [1.82, 2.24) is 25.5 Å². The first-order valence-electron chi connectivity index (χ1n) is 23.2. The number of aliphatic hydroxyl groups is 4. The maximum Gasteiger partial charge on any atom is 0.407 e. The molecule has 4 aliphatic rings. The van der Waals surface area contributed by atoms with Crippen molar-refractivity contribution in [3.8, 4) is 17.1 Å². The number of nitrogens with zero attached hydrogens (tertiary/aromatic N) is 2. The maximum atomic E-state index is 15.4. The largest absolute Gasteiger partial charge is 0.479 e. The highest BCUT2D eigenvalue weighted by molar-refractivity contribution is 5.98. The topological polar surface area (TPSA) is 350 Å². The lowest BCUT2D eigenvalue weighted by Crippen LogP contribution is -2.61. The fourth-order valence-corrected chi connectivity index (χ4v) is 9.32. The van der Waals surface area contributed by atoms with Gasteiger partial charge in [-0.25, -0.2) is 28.6 Å². The first-order valence-corrected chi connectivity index (χ1v) is 23.2. The number of primary amides is 1. The minimum Gasteiger partial charge on any atom is -0.479 e. The van der Waals surface area contributed by atoms with Crippen LogP contribution >= 0.6 is 0 Å². The van der Waals surface area contributed by atoms with Crippen LogP contribution in [0.25, 0.3) is 22.3 Å². The number of carboxylic acid groups (broad SMARTS) is 1. The lowest BCUT2D eigenvalue weighted by molar-refractivity contribution is -0.271. The van der Waals surface area contributed by atoms with Crippen LogP contribution in [0, 0.1) is 24.6 Å². The fourth-order valence-electron chi connectivity index (χ4n) is 9.32. The van der Waals surface area contributed by atoms with Crippen molar-refractivity contribution >= 4 is 52.5 Å². The lowest BCUT2D eigenvalue weighted by atomic mass is 9.82. The number of hydrogen-bond acceptors (Lipinski definition) is 16. The Morgan fingerprint density at radius 2 is 1.74 bits per heavy atom. The number of urea groups is 1. The summed E-state index contributed by atoms with van der Waals surface area (Å²) < 4.78 is 38.8. The molecule has 5 heterocycles. The number of cyclic esters (lactones) is 1. The number of nitrogens with one attached hydrogen (secondary N) is 4. The molecule has 0 radical (unpaired) electrons. The number of anilines is 1. The SMILES string of the molecule is Cc1c(F)cc2nc3c(c4c2c1CC[C@@H]4NC(=O)OCc1ccc(NC(=O)C(CCCNC(N)=O)NC(=O)[C@@H](C)C(C)C)c(O[C@@H]2O[C@H](C(=O)O)[C@@H](O)[C@H](O)[C@H]2O)c1)Cn1c-3cc2c(c1=O)COC(=O)C2O. The van der Waals surface area contributed by atoms with Crippen molar-refractivity contribution in [3.63, 3.8) is 0 Å². The molecule has 24 heteroatoms. The maximum absolute atomic E-state index is 15.4. The Labute approximate surface area is 408 Å². The Morgan fingerprint density at radius 1 is 0.986 bits per heavy atom. The van der Waals surface area contributed by atoms with Crippen molar-refractivity contribution in [2.45, 2.75) is 122 Å². The zero-order valence-corrected chi connectivity index (χ0v) is 39.4. The van der Waals surface area contributed by atoms with Crippen LogP contribution in [-0.2, 0) is 59.6 Å². The van der Waals surface area contributed by atoms with Gasteiger partial charge in [-0.2, -0.15) is 0 Å². The summed E-state index contributed by atoms with van der Waals surface area (Å²) in [4.78, 5) is 95.0. The van der Waals surface area contributed by atoms with Crippen LogP contribution in [0.15, 0.2) is 35.1 Å². The monoisotopic (exact) mass is 1000 g/mol. The van der Waals surface area contributed by atoms with Crippen molar-refractivity contribution < 1.29 is 77.6 Å². The fraction of sp³-hybridized carbons (Fsp3) is 0.458. The van der Waals surface area contributed by atoms with Gasteiger partial charge in [-0.05, 0) is 79.0 Å². The van der Waals surface area contributed by atoms with E-state index in [0.717, 1.165) is 0 Å². The van der Waals surface area contributed by atoms with E-state index < -0.39 is 109 Å². The molecule has 11 N–H and O–H groups in total. The normalized spacial score (nSPS) is 22.6. The molecule has 384 valence electrons. The minimum atomic E-state index is -2.05. The minimum absolute atomic E-state index is 0.00680. The summed E-state index contributed by atoms with van der Waals surface area (Å²) in [7, 11) is 0. The summed E-state index contributed by atoms with van der Waals surface area (Å²) >= 11 is 0. The van der Waals surface area contributed by atoms with Gasteiger partial charge in [0.15, 0.2) is 12.2 Å². The number of pyridine rings is 2. The highest BCUT2D eigenvalue weighted by Gasteiger charge is 2.48.